The number of hydrogen-bond acceptors (Lipinski definition) is 6. The predicted octanol–water partition coefficient (Wildman–Crippen LogP) is 4.67. The molecule has 142 valence electrons. The third-order valence-electron chi connectivity index (χ3n) is 4.28. The van der Waals surface area contributed by atoms with E-state index in [9.17, 15) is 10.2 Å². The van der Waals surface area contributed by atoms with Gasteiger partial charge in [-0.25, -0.2) is 15.4 Å². The fraction of sp³-hybridized carbons (Fsp3) is 0. The van der Waals surface area contributed by atoms with E-state index in [2.05, 4.69) is 20.5 Å². The van der Waals surface area contributed by atoms with Crippen LogP contribution in [-0.4, -0.2) is 26.4 Å². The van der Waals surface area contributed by atoms with E-state index in [4.69, 9.17) is 0 Å². The van der Waals surface area contributed by atoms with Gasteiger partial charge >= 0.3 is 0 Å². The summed E-state index contributed by atoms with van der Waals surface area (Å²) in [5.74, 6) is 0.539. The topological polar surface area (TPSA) is 90.6 Å². The summed E-state index contributed by atoms with van der Waals surface area (Å²) in [6, 6.07) is 25.4. The second-order valence-electron chi connectivity index (χ2n) is 6.27. The van der Waals surface area contributed by atoms with Gasteiger partial charge in [0.15, 0.2) is 0 Å². The highest BCUT2D eigenvalue weighted by molar-refractivity contribution is 5.83. The van der Waals surface area contributed by atoms with Crippen molar-refractivity contribution >= 4 is 12.2 Å². The van der Waals surface area contributed by atoms with Crippen LogP contribution >= 0.6 is 0 Å². The Morgan fingerprint density at radius 2 is 1.38 bits per heavy atom. The molecule has 3 N–H and O–H groups in total. The van der Waals surface area contributed by atoms with Crippen molar-refractivity contribution in [2.45, 2.75) is 0 Å². The lowest BCUT2D eigenvalue weighted by molar-refractivity contribution is 0.474. The van der Waals surface area contributed by atoms with Crippen LogP contribution in [0.4, 0.5) is 5.95 Å². The Balaban J connectivity index is 1.72. The summed E-state index contributed by atoms with van der Waals surface area (Å²) >= 11 is 0. The molecule has 0 saturated carbocycles. The van der Waals surface area contributed by atoms with Crippen molar-refractivity contribution in [3.8, 4) is 34.0 Å². The molecule has 4 aromatic rings. The Morgan fingerprint density at radius 1 is 0.724 bits per heavy atom. The number of phenols is 2. The lowest BCUT2D eigenvalue weighted by atomic mass is 10.1. The number of rotatable bonds is 5. The Bertz CT molecular complexity index is 1160. The molecule has 0 amide bonds. The first kappa shape index (κ1) is 18.2. The minimum atomic E-state index is 0.131. The molecule has 0 atom stereocenters. The van der Waals surface area contributed by atoms with Crippen molar-refractivity contribution in [2.75, 3.05) is 5.43 Å². The zero-order valence-corrected chi connectivity index (χ0v) is 15.4. The number of anilines is 1. The monoisotopic (exact) mass is 382 g/mol. The maximum absolute atomic E-state index is 10.2. The van der Waals surface area contributed by atoms with Crippen LogP contribution in [0.1, 0.15) is 5.56 Å². The lowest BCUT2D eigenvalue weighted by Gasteiger charge is -2.09. The Kier molecular flexibility index (Phi) is 5.16. The molecule has 0 aliphatic heterocycles. The fourth-order valence-electron chi connectivity index (χ4n) is 2.84. The molecular formula is C23H18N4O2. The molecular weight excluding hydrogens is 364 g/mol. The van der Waals surface area contributed by atoms with E-state index in [1.807, 2.05) is 48.5 Å². The van der Waals surface area contributed by atoms with Gasteiger partial charge < -0.3 is 10.2 Å². The van der Waals surface area contributed by atoms with Gasteiger partial charge in [-0.05, 0) is 30.3 Å². The first-order chi connectivity index (χ1) is 14.2. The number of aromatic hydroxyl groups is 2. The van der Waals surface area contributed by atoms with Crippen LogP contribution in [0.2, 0.25) is 0 Å². The molecule has 0 bridgehead atoms. The molecule has 1 heterocycles. The number of hydrazone groups is 1. The smallest absolute Gasteiger partial charge is 0.244 e. The van der Waals surface area contributed by atoms with Crippen LogP contribution in [0, 0.1) is 0 Å². The number of para-hydroxylation sites is 2. The second-order valence-corrected chi connectivity index (χ2v) is 6.27. The van der Waals surface area contributed by atoms with E-state index < -0.39 is 0 Å². The molecule has 0 spiro atoms. The van der Waals surface area contributed by atoms with Gasteiger partial charge in [0.2, 0.25) is 5.95 Å². The zero-order valence-electron chi connectivity index (χ0n) is 15.4. The van der Waals surface area contributed by atoms with Crippen molar-refractivity contribution in [1.82, 2.24) is 9.97 Å². The van der Waals surface area contributed by atoms with E-state index in [-0.39, 0.29) is 17.4 Å². The van der Waals surface area contributed by atoms with Gasteiger partial charge in [0.25, 0.3) is 0 Å². The quantitative estimate of drug-likeness (QED) is 0.345. The molecule has 0 saturated heterocycles. The van der Waals surface area contributed by atoms with E-state index in [1.54, 1.807) is 36.4 Å². The molecule has 29 heavy (non-hydrogen) atoms. The van der Waals surface area contributed by atoms with Gasteiger partial charge in [-0.15, -0.1) is 0 Å². The van der Waals surface area contributed by atoms with Crippen molar-refractivity contribution < 1.29 is 10.2 Å². The molecule has 0 fully saturated rings. The molecule has 4 rings (SSSR count). The number of hydrogen-bond donors (Lipinski definition) is 3. The van der Waals surface area contributed by atoms with Gasteiger partial charge in [0.1, 0.15) is 11.5 Å². The summed E-state index contributed by atoms with van der Waals surface area (Å²) in [5.41, 5.74) is 6.16. The third kappa shape index (κ3) is 4.22. The minimum absolute atomic E-state index is 0.131. The molecule has 6 heteroatoms. The summed E-state index contributed by atoms with van der Waals surface area (Å²) < 4.78 is 0. The third-order valence-corrected chi connectivity index (χ3v) is 4.28. The van der Waals surface area contributed by atoms with Gasteiger partial charge in [-0.1, -0.05) is 54.6 Å². The number of nitrogens with zero attached hydrogens (tertiary/aromatic N) is 3. The summed E-state index contributed by atoms with van der Waals surface area (Å²) in [6.45, 7) is 0. The van der Waals surface area contributed by atoms with E-state index in [0.29, 0.717) is 22.5 Å². The van der Waals surface area contributed by atoms with Gasteiger partial charge in [0.05, 0.1) is 17.6 Å². The SMILES string of the molecule is Oc1ccccc1/C=N/Nc1nc(-c2ccccc2)cc(-c2ccccc2O)n1. The zero-order chi connectivity index (χ0) is 20.1. The summed E-state index contributed by atoms with van der Waals surface area (Å²) in [5, 5.41) is 24.2. The van der Waals surface area contributed by atoms with Crippen LogP contribution in [0.5, 0.6) is 11.5 Å². The van der Waals surface area contributed by atoms with Gasteiger partial charge in [-0.3, -0.25) is 0 Å². The summed E-state index contributed by atoms with van der Waals surface area (Å²) in [4.78, 5) is 9.02. The Morgan fingerprint density at radius 3 is 2.14 bits per heavy atom. The van der Waals surface area contributed by atoms with E-state index in [0.717, 1.165) is 5.56 Å². The van der Waals surface area contributed by atoms with Crippen molar-refractivity contribution in [3.63, 3.8) is 0 Å². The van der Waals surface area contributed by atoms with Crippen LogP contribution in [0.15, 0.2) is 90.0 Å². The molecule has 0 unspecified atom stereocenters. The highest BCUT2D eigenvalue weighted by Gasteiger charge is 2.11. The predicted molar refractivity (Wildman–Crippen MR) is 114 cm³/mol. The van der Waals surface area contributed by atoms with Crippen molar-refractivity contribution in [2.24, 2.45) is 5.10 Å². The molecule has 0 aliphatic carbocycles. The number of aromatic nitrogens is 2. The highest BCUT2D eigenvalue weighted by atomic mass is 16.3. The van der Waals surface area contributed by atoms with Crippen molar-refractivity contribution in [3.05, 3.63) is 90.5 Å². The van der Waals surface area contributed by atoms with E-state index >= 15 is 0 Å². The first-order valence-electron chi connectivity index (χ1n) is 9.00. The van der Waals surface area contributed by atoms with Crippen LogP contribution < -0.4 is 5.43 Å². The molecule has 1 aromatic heterocycles. The normalized spacial score (nSPS) is 10.9. The summed E-state index contributed by atoms with van der Waals surface area (Å²) in [7, 11) is 0. The lowest BCUT2D eigenvalue weighted by Crippen LogP contribution is -2.00. The van der Waals surface area contributed by atoms with Gasteiger partial charge in [0, 0.05) is 16.7 Å². The fourth-order valence-corrected chi connectivity index (χ4v) is 2.84. The maximum atomic E-state index is 10.2. The average molecular weight is 382 g/mol. The minimum Gasteiger partial charge on any atom is -0.507 e. The summed E-state index contributed by atoms with van der Waals surface area (Å²) in [6.07, 6.45) is 1.49. The van der Waals surface area contributed by atoms with Gasteiger partial charge in [-0.2, -0.15) is 5.10 Å². The average Bonchev–Trinajstić information content (AvgIpc) is 2.76. The second kappa shape index (κ2) is 8.22. The first-order valence-corrected chi connectivity index (χ1v) is 9.00. The highest BCUT2D eigenvalue weighted by Crippen LogP contribution is 2.30. The Hall–Kier alpha value is -4.19. The number of phenolic OH excluding ortho intramolecular Hbond substituents is 2. The molecule has 3 aromatic carbocycles. The molecule has 0 aliphatic rings. The Labute approximate surface area is 167 Å². The van der Waals surface area contributed by atoms with E-state index in [1.165, 1.54) is 6.21 Å². The van der Waals surface area contributed by atoms with Crippen LogP contribution in [-0.2, 0) is 0 Å². The molecule has 6 nitrogen and oxygen atoms in total. The van der Waals surface area contributed by atoms with Crippen LogP contribution in [0.25, 0.3) is 22.5 Å². The largest absolute Gasteiger partial charge is 0.507 e. The van der Waals surface area contributed by atoms with Crippen molar-refractivity contribution in [1.29, 1.82) is 0 Å². The standard InChI is InChI=1S/C23H18N4O2/c28-21-12-6-4-10-17(21)15-24-27-23-25-19(16-8-2-1-3-9-16)14-20(26-23)18-11-5-7-13-22(18)29/h1-15,28-29H,(H,25,26,27)/b24-15+. The number of benzene rings is 3. The number of nitrogens with one attached hydrogen (secondary N) is 1. The molecule has 0 radical (unpaired) electrons. The maximum Gasteiger partial charge on any atom is 0.244 e. The van der Waals surface area contributed by atoms with Crippen LogP contribution in [0.3, 0.4) is 0 Å².